The summed E-state index contributed by atoms with van der Waals surface area (Å²) in [5, 5.41) is 0. The molecule has 0 fully saturated rings. The van der Waals surface area contributed by atoms with Gasteiger partial charge in [-0.1, -0.05) is 33.1 Å². The van der Waals surface area contributed by atoms with Crippen molar-refractivity contribution in [2.45, 2.75) is 39.7 Å². The van der Waals surface area contributed by atoms with E-state index in [-0.39, 0.29) is 0 Å². The number of imidazole rings is 1. The normalized spacial score (nSPS) is 10.0. The summed E-state index contributed by atoms with van der Waals surface area (Å²) >= 11 is 0. The zero-order valence-electron chi connectivity index (χ0n) is 10.8. The van der Waals surface area contributed by atoms with Crippen molar-refractivity contribution in [2.24, 2.45) is 7.05 Å². The zero-order valence-corrected chi connectivity index (χ0v) is 10.8. The smallest absolute Gasteiger partial charge is 0.0947 e. The maximum atomic E-state index is 4.18. The first-order valence-corrected chi connectivity index (χ1v) is 5.71. The van der Waals surface area contributed by atoms with Crippen molar-refractivity contribution in [3.05, 3.63) is 18.2 Å². The molecule has 0 radical (unpaired) electrons. The highest BCUT2D eigenvalue weighted by atomic mass is 15.1. The van der Waals surface area contributed by atoms with E-state index in [0.717, 1.165) is 12.2 Å². The summed E-state index contributed by atoms with van der Waals surface area (Å²) in [7, 11) is 6.05. The van der Waals surface area contributed by atoms with Crippen molar-refractivity contribution in [1.29, 1.82) is 0 Å². The molecule has 0 atom stereocenters. The van der Waals surface area contributed by atoms with Crippen LogP contribution in [0.1, 0.15) is 38.8 Å². The molecular weight excluding hydrogens is 186 g/mol. The molecule has 0 saturated heterocycles. The van der Waals surface area contributed by atoms with Crippen LogP contribution in [0.5, 0.6) is 0 Å². The highest BCUT2D eigenvalue weighted by Gasteiger charge is 1.96. The standard InChI is InChI=1S/C7H13N3.C5H12/c1-9(2)4-7-5-10(3)6-8-7;1-3-5-4-2/h5-6H,4H2,1-3H3;3-5H2,1-2H3. The molecule has 1 aromatic heterocycles. The monoisotopic (exact) mass is 211 g/mol. The molecule has 3 nitrogen and oxygen atoms in total. The summed E-state index contributed by atoms with van der Waals surface area (Å²) in [6, 6.07) is 0. The highest BCUT2D eigenvalue weighted by molar-refractivity contribution is 4.94. The van der Waals surface area contributed by atoms with E-state index >= 15 is 0 Å². The van der Waals surface area contributed by atoms with Crippen LogP contribution >= 0.6 is 0 Å². The van der Waals surface area contributed by atoms with Crippen molar-refractivity contribution in [2.75, 3.05) is 14.1 Å². The van der Waals surface area contributed by atoms with Gasteiger partial charge in [0, 0.05) is 19.8 Å². The van der Waals surface area contributed by atoms with Gasteiger partial charge in [-0.25, -0.2) is 4.98 Å². The third-order valence-electron chi connectivity index (χ3n) is 1.94. The van der Waals surface area contributed by atoms with Crippen molar-refractivity contribution < 1.29 is 0 Å². The van der Waals surface area contributed by atoms with Crippen molar-refractivity contribution in [3.8, 4) is 0 Å². The van der Waals surface area contributed by atoms with Gasteiger partial charge in [0.25, 0.3) is 0 Å². The number of aromatic nitrogens is 2. The minimum atomic E-state index is 0.918. The van der Waals surface area contributed by atoms with E-state index in [2.05, 4.69) is 23.7 Å². The topological polar surface area (TPSA) is 21.1 Å². The molecule has 0 bridgehead atoms. The molecule has 0 unspecified atom stereocenters. The molecule has 88 valence electrons. The lowest BCUT2D eigenvalue weighted by Gasteiger charge is -2.04. The van der Waals surface area contributed by atoms with Crippen LogP contribution in [0.4, 0.5) is 0 Å². The molecule has 0 aliphatic heterocycles. The average molecular weight is 211 g/mol. The molecule has 1 aromatic rings. The molecule has 15 heavy (non-hydrogen) atoms. The van der Waals surface area contributed by atoms with Gasteiger partial charge in [-0.15, -0.1) is 0 Å². The Labute approximate surface area is 94.1 Å². The van der Waals surface area contributed by atoms with E-state index in [9.17, 15) is 0 Å². The molecule has 0 saturated carbocycles. The van der Waals surface area contributed by atoms with Gasteiger partial charge in [0.2, 0.25) is 0 Å². The second-order valence-corrected chi connectivity index (χ2v) is 4.12. The predicted molar refractivity (Wildman–Crippen MR) is 65.8 cm³/mol. The minimum absolute atomic E-state index is 0.918. The summed E-state index contributed by atoms with van der Waals surface area (Å²) in [6.45, 7) is 5.34. The van der Waals surface area contributed by atoms with Crippen LogP contribution in [0, 0.1) is 0 Å². The predicted octanol–water partition coefficient (Wildman–Crippen LogP) is 2.68. The van der Waals surface area contributed by atoms with Crippen LogP contribution in [0.2, 0.25) is 0 Å². The van der Waals surface area contributed by atoms with E-state index in [4.69, 9.17) is 0 Å². The maximum absolute atomic E-state index is 4.18. The van der Waals surface area contributed by atoms with Gasteiger partial charge in [0.15, 0.2) is 0 Å². The molecule has 0 aromatic carbocycles. The molecule has 1 heterocycles. The summed E-state index contributed by atoms with van der Waals surface area (Å²) in [6.07, 6.45) is 7.92. The third-order valence-corrected chi connectivity index (χ3v) is 1.94. The third kappa shape index (κ3) is 8.18. The average Bonchev–Trinajstić information content (AvgIpc) is 2.52. The quantitative estimate of drug-likeness (QED) is 0.763. The van der Waals surface area contributed by atoms with Gasteiger partial charge in [-0.3, -0.25) is 0 Å². The molecule has 0 aliphatic rings. The summed E-state index contributed by atoms with van der Waals surface area (Å²) in [5.41, 5.74) is 1.12. The number of rotatable bonds is 4. The summed E-state index contributed by atoms with van der Waals surface area (Å²) in [5.74, 6) is 0. The second kappa shape index (κ2) is 8.48. The lowest BCUT2D eigenvalue weighted by molar-refractivity contribution is 0.397. The van der Waals surface area contributed by atoms with Gasteiger partial charge < -0.3 is 9.47 Å². The Morgan fingerprint density at radius 2 is 1.87 bits per heavy atom. The van der Waals surface area contributed by atoms with Gasteiger partial charge in [0.1, 0.15) is 0 Å². The number of nitrogens with zero attached hydrogens (tertiary/aromatic N) is 3. The number of hydrogen-bond donors (Lipinski definition) is 0. The molecule has 1 rings (SSSR count). The van der Waals surface area contributed by atoms with E-state index < -0.39 is 0 Å². The zero-order chi connectivity index (χ0) is 11.7. The van der Waals surface area contributed by atoms with Gasteiger partial charge in [0.05, 0.1) is 12.0 Å². The lowest BCUT2D eigenvalue weighted by atomic mass is 10.3. The van der Waals surface area contributed by atoms with E-state index in [0.29, 0.717) is 0 Å². The Bertz CT molecular complexity index is 239. The van der Waals surface area contributed by atoms with Crippen molar-refractivity contribution in [1.82, 2.24) is 14.5 Å². The van der Waals surface area contributed by atoms with Crippen LogP contribution in [0.15, 0.2) is 12.5 Å². The van der Waals surface area contributed by atoms with E-state index in [1.54, 1.807) is 0 Å². The van der Waals surface area contributed by atoms with Gasteiger partial charge >= 0.3 is 0 Å². The molecule has 0 aliphatic carbocycles. The fraction of sp³-hybridized carbons (Fsp3) is 0.750. The highest BCUT2D eigenvalue weighted by Crippen LogP contribution is 1.95. The molecule has 0 N–H and O–H groups in total. The first-order valence-electron chi connectivity index (χ1n) is 5.71. The van der Waals surface area contributed by atoms with Crippen LogP contribution in [-0.2, 0) is 13.6 Å². The number of unbranched alkanes of at least 4 members (excludes halogenated alkanes) is 2. The number of hydrogen-bond acceptors (Lipinski definition) is 2. The Balaban J connectivity index is 0.000000336. The summed E-state index contributed by atoms with van der Waals surface area (Å²) in [4.78, 5) is 6.28. The minimum Gasteiger partial charge on any atom is -0.340 e. The Kier molecular flexibility index (Phi) is 8.01. The Hall–Kier alpha value is -0.830. The van der Waals surface area contributed by atoms with Gasteiger partial charge in [-0.05, 0) is 14.1 Å². The first kappa shape index (κ1) is 14.2. The van der Waals surface area contributed by atoms with Crippen LogP contribution in [-0.4, -0.2) is 28.5 Å². The fourth-order valence-electron chi connectivity index (χ4n) is 1.23. The Morgan fingerprint density at radius 3 is 2.13 bits per heavy atom. The molecule has 0 amide bonds. The van der Waals surface area contributed by atoms with Crippen LogP contribution in [0.3, 0.4) is 0 Å². The van der Waals surface area contributed by atoms with Crippen LogP contribution < -0.4 is 0 Å². The molecule has 0 spiro atoms. The van der Waals surface area contributed by atoms with E-state index in [1.807, 2.05) is 38.2 Å². The van der Waals surface area contributed by atoms with Crippen molar-refractivity contribution in [3.63, 3.8) is 0 Å². The van der Waals surface area contributed by atoms with Crippen LogP contribution in [0.25, 0.3) is 0 Å². The van der Waals surface area contributed by atoms with E-state index in [1.165, 1.54) is 19.3 Å². The Morgan fingerprint density at radius 1 is 1.27 bits per heavy atom. The second-order valence-electron chi connectivity index (χ2n) is 4.12. The summed E-state index contributed by atoms with van der Waals surface area (Å²) < 4.78 is 1.96. The van der Waals surface area contributed by atoms with Gasteiger partial charge in [-0.2, -0.15) is 0 Å². The molecular formula is C12H25N3. The largest absolute Gasteiger partial charge is 0.340 e. The fourth-order valence-corrected chi connectivity index (χ4v) is 1.23. The van der Waals surface area contributed by atoms with Crippen molar-refractivity contribution >= 4 is 0 Å². The number of aryl methyl sites for hydroxylation is 1. The molecule has 3 heteroatoms. The maximum Gasteiger partial charge on any atom is 0.0947 e. The first-order chi connectivity index (χ1) is 7.10. The SMILES string of the molecule is CCCCC.CN(C)Cc1cn(C)cn1. The lowest BCUT2D eigenvalue weighted by Crippen LogP contribution is -2.10.